The van der Waals surface area contributed by atoms with Gasteiger partial charge >= 0.3 is 0 Å². The van der Waals surface area contributed by atoms with Crippen LogP contribution in [0.1, 0.15) is 28.4 Å². The van der Waals surface area contributed by atoms with Gasteiger partial charge in [-0.1, -0.05) is 23.7 Å². The second kappa shape index (κ2) is 8.14. The summed E-state index contributed by atoms with van der Waals surface area (Å²) in [4.78, 5) is 15.1. The molecule has 3 heterocycles. The van der Waals surface area contributed by atoms with E-state index in [0.29, 0.717) is 18.2 Å². The highest BCUT2D eigenvalue weighted by atomic mass is 35.5. The number of nitrogens with zero attached hydrogens (tertiary/aromatic N) is 5. The van der Waals surface area contributed by atoms with E-state index in [1.54, 1.807) is 16.8 Å². The molecule has 3 aromatic rings. The molecule has 1 amide bonds. The number of morpholine rings is 1. The number of hydrogen-bond donors (Lipinski definition) is 1. The Labute approximate surface area is 178 Å². The van der Waals surface area contributed by atoms with Crippen LogP contribution in [0.4, 0.5) is 0 Å². The van der Waals surface area contributed by atoms with Gasteiger partial charge in [-0.15, -0.1) is 5.10 Å². The number of amides is 1. The number of carbonyl (C=O) groups is 1. The number of tetrazole rings is 1. The van der Waals surface area contributed by atoms with E-state index in [4.69, 9.17) is 16.3 Å². The number of benzene rings is 2. The summed E-state index contributed by atoms with van der Waals surface area (Å²) >= 11 is 5.99. The number of carbonyl (C=O) groups excluding carboxylic acids is 1. The fraction of sp³-hybridized carbons (Fsp3) is 0.333. The fourth-order valence-corrected chi connectivity index (χ4v) is 4.30. The van der Waals surface area contributed by atoms with Crippen LogP contribution in [-0.4, -0.2) is 62.8 Å². The van der Waals surface area contributed by atoms with Crippen molar-refractivity contribution in [1.82, 2.24) is 30.4 Å². The van der Waals surface area contributed by atoms with Crippen molar-refractivity contribution < 1.29 is 9.53 Å². The Morgan fingerprint density at radius 3 is 2.63 bits per heavy atom. The van der Waals surface area contributed by atoms with Crippen LogP contribution in [0.3, 0.4) is 0 Å². The molecule has 9 heteroatoms. The molecule has 2 aliphatic rings. The van der Waals surface area contributed by atoms with E-state index in [-0.39, 0.29) is 18.1 Å². The average Bonchev–Trinajstić information content (AvgIpc) is 3.43. The summed E-state index contributed by atoms with van der Waals surface area (Å²) in [6.07, 6.45) is 2.44. The minimum absolute atomic E-state index is 0.0341. The zero-order chi connectivity index (χ0) is 20.5. The summed E-state index contributed by atoms with van der Waals surface area (Å²) in [5, 5.41) is 15.0. The lowest BCUT2D eigenvalue weighted by molar-refractivity contribution is -0.0502. The second-order valence-corrected chi connectivity index (χ2v) is 8.13. The number of hydrogen-bond acceptors (Lipinski definition) is 6. The monoisotopic (exact) mass is 424 g/mol. The maximum absolute atomic E-state index is 12.7. The zero-order valence-corrected chi connectivity index (χ0v) is 16.9. The van der Waals surface area contributed by atoms with Crippen molar-refractivity contribution in [2.24, 2.45) is 0 Å². The normalized spacial score (nSPS) is 23.8. The first-order valence-corrected chi connectivity index (χ1v) is 10.3. The maximum Gasteiger partial charge on any atom is 0.251 e. The Kier molecular flexibility index (Phi) is 5.20. The molecule has 30 heavy (non-hydrogen) atoms. The molecule has 2 aliphatic heterocycles. The van der Waals surface area contributed by atoms with E-state index < -0.39 is 0 Å². The quantitative estimate of drug-likeness (QED) is 0.691. The lowest BCUT2D eigenvalue weighted by Crippen LogP contribution is -2.43. The molecule has 2 fully saturated rings. The molecule has 8 nitrogen and oxygen atoms in total. The van der Waals surface area contributed by atoms with E-state index in [2.05, 4.69) is 25.7 Å². The van der Waals surface area contributed by atoms with Crippen molar-refractivity contribution in [2.45, 2.75) is 24.6 Å². The Morgan fingerprint density at radius 2 is 1.90 bits per heavy atom. The van der Waals surface area contributed by atoms with Gasteiger partial charge in [-0.3, -0.25) is 9.69 Å². The Morgan fingerprint density at radius 1 is 1.10 bits per heavy atom. The van der Waals surface area contributed by atoms with Gasteiger partial charge in [0.05, 0.1) is 18.4 Å². The average molecular weight is 425 g/mol. The molecule has 1 aromatic heterocycles. The highest BCUT2D eigenvalue weighted by Gasteiger charge is 2.38. The van der Waals surface area contributed by atoms with Crippen LogP contribution < -0.4 is 5.32 Å². The molecule has 154 valence electrons. The summed E-state index contributed by atoms with van der Waals surface area (Å²) in [6.45, 7) is 2.31. The van der Waals surface area contributed by atoms with Gasteiger partial charge in [-0.25, -0.2) is 4.68 Å². The van der Waals surface area contributed by atoms with Crippen molar-refractivity contribution in [2.75, 3.05) is 19.7 Å². The first-order chi connectivity index (χ1) is 14.7. The smallest absolute Gasteiger partial charge is 0.251 e. The molecule has 0 bridgehead atoms. The third kappa shape index (κ3) is 3.94. The maximum atomic E-state index is 12.7. The van der Waals surface area contributed by atoms with Gasteiger partial charge in [0.1, 0.15) is 6.33 Å². The van der Waals surface area contributed by atoms with Gasteiger partial charge in [-0.05, 0) is 58.8 Å². The number of ether oxygens (including phenoxy) is 1. The van der Waals surface area contributed by atoms with Crippen molar-refractivity contribution in [3.05, 3.63) is 71.0 Å². The van der Waals surface area contributed by atoms with Crippen molar-refractivity contribution >= 4 is 17.5 Å². The topological polar surface area (TPSA) is 85.2 Å². The van der Waals surface area contributed by atoms with Crippen LogP contribution in [0.2, 0.25) is 5.02 Å². The van der Waals surface area contributed by atoms with E-state index in [9.17, 15) is 4.79 Å². The first-order valence-electron chi connectivity index (χ1n) is 9.91. The van der Waals surface area contributed by atoms with Gasteiger partial charge in [0.15, 0.2) is 0 Å². The molecule has 2 aromatic carbocycles. The number of halogens is 1. The Bertz CT molecular complexity index is 1010. The lowest BCUT2D eigenvalue weighted by atomic mass is 10.1. The van der Waals surface area contributed by atoms with E-state index in [1.807, 2.05) is 36.4 Å². The third-order valence-corrected chi connectivity index (χ3v) is 5.99. The highest BCUT2D eigenvalue weighted by Crippen LogP contribution is 2.31. The SMILES string of the molecule is O=C(N[C@@H]1C[C@H]2CO[C@@H](c3ccc(Cl)cc3)CN2C1)c1ccc(-n2cnnn2)cc1. The third-order valence-electron chi connectivity index (χ3n) is 5.74. The Hall–Kier alpha value is -2.81. The Balaban J connectivity index is 1.19. The van der Waals surface area contributed by atoms with Gasteiger partial charge in [0, 0.05) is 35.8 Å². The molecule has 2 saturated heterocycles. The van der Waals surface area contributed by atoms with E-state index >= 15 is 0 Å². The zero-order valence-electron chi connectivity index (χ0n) is 16.2. The molecule has 0 saturated carbocycles. The summed E-state index contributed by atoms with van der Waals surface area (Å²) in [6, 6.07) is 15.5. The number of fused-ring (bicyclic) bond motifs is 1. The van der Waals surface area contributed by atoms with Crippen molar-refractivity contribution in [1.29, 1.82) is 0 Å². The molecule has 5 rings (SSSR count). The molecule has 0 radical (unpaired) electrons. The van der Waals surface area contributed by atoms with Crippen LogP contribution in [-0.2, 0) is 4.74 Å². The molecule has 0 unspecified atom stereocenters. The van der Waals surface area contributed by atoms with Gasteiger partial charge in [-0.2, -0.15) is 0 Å². The second-order valence-electron chi connectivity index (χ2n) is 7.69. The molecule has 1 N–H and O–H groups in total. The summed E-state index contributed by atoms with van der Waals surface area (Å²) in [5.74, 6) is -0.0710. The van der Waals surface area contributed by atoms with E-state index in [0.717, 1.165) is 35.8 Å². The fourth-order valence-electron chi connectivity index (χ4n) is 4.17. The lowest BCUT2D eigenvalue weighted by Gasteiger charge is -2.35. The van der Waals surface area contributed by atoms with Gasteiger partial charge in [0.25, 0.3) is 5.91 Å². The predicted molar refractivity (Wildman–Crippen MR) is 111 cm³/mol. The van der Waals surface area contributed by atoms with Crippen LogP contribution in [0.5, 0.6) is 0 Å². The van der Waals surface area contributed by atoms with Crippen LogP contribution >= 0.6 is 11.6 Å². The molecule has 0 aliphatic carbocycles. The first kappa shape index (κ1) is 19.2. The summed E-state index contributed by atoms with van der Waals surface area (Å²) in [7, 11) is 0. The molecule has 3 atom stereocenters. The van der Waals surface area contributed by atoms with Gasteiger partial charge < -0.3 is 10.1 Å². The molecular weight excluding hydrogens is 404 g/mol. The number of aromatic nitrogens is 4. The molecule has 0 spiro atoms. The van der Waals surface area contributed by atoms with Crippen molar-refractivity contribution in [3.63, 3.8) is 0 Å². The number of rotatable bonds is 4. The largest absolute Gasteiger partial charge is 0.371 e. The summed E-state index contributed by atoms with van der Waals surface area (Å²) in [5.41, 5.74) is 2.56. The van der Waals surface area contributed by atoms with Crippen LogP contribution in [0, 0.1) is 0 Å². The van der Waals surface area contributed by atoms with E-state index in [1.165, 1.54) is 6.33 Å². The summed E-state index contributed by atoms with van der Waals surface area (Å²) < 4.78 is 7.64. The minimum atomic E-state index is -0.0710. The predicted octanol–water partition coefficient (Wildman–Crippen LogP) is 2.26. The van der Waals surface area contributed by atoms with Crippen molar-refractivity contribution in [3.8, 4) is 5.69 Å². The van der Waals surface area contributed by atoms with Crippen LogP contribution in [0.25, 0.3) is 5.69 Å². The molecular formula is C21H21ClN6O2. The standard InChI is InChI=1S/C21H21ClN6O2/c22-16-5-1-14(2-6-16)20-11-27-10-17(9-19(27)12-30-20)24-21(29)15-3-7-18(8-4-15)28-13-23-25-26-28/h1-8,13,17,19-20H,9-12H2,(H,24,29)/t17-,19+,20-/m1/s1. The minimum Gasteiger partial charge on any atom is -0.371 e. The number of nitrogens with one attached hydrogen (secondary N) is 1. The van der Waals surface area contributed by atoms with Crippen LogP contribution in [0.15, 0.2) is 54.9 Å². The van der Waals surface area contributed by atoms with Gasteiger partial charge in [0.2, 0.25) is 0 Å². The highest BCUT2D eigenvalue weighted by molar-refractivity contribution is 6.30.